The van der Waals surface area contributed by atoms with Crippen LogP contribution in [0.3, 0.4) is 0 Å². The van der Waals surface area contributed by atoms with Crippen molar-refractivity contribution in [3.05, 3.63) is 68.9 Å². The first-order valence-corrected chi connectivity index (χ1v) is 8.08. The van der Waals surface area contributed by atoms with E-state index in [0.29, 0.717) is 25.4 Å². The number of hydrogen-bond acceptors (Lipinski definition) is 3. The lowest BCUT2D eigenvalue weighted by Crippen LogP contribution is -2.10. The van der Waals surface area contributed by atoms with Gasteiger partial charge in [0.15, 0.2) is 4.96 Å². The van der Waals surface area contributed by atoms with Gasteiger partial charge in [-0.25, -0.2) is 4.98 Å². The first kappa shape index (κ1) is 13.8. The summed E-state index contributed by atoms with van der Waals surface area (Å²) in [6.45, 7) is 0. The zero-order valence-corrected chi connectivity index (χ0v) is 13.4. The van der Waals surface area contributed by atoms with Crippen molar-refractivity contribution in [2.75, 3.05) is 0 Å². The number of hydrogen-bond donors (Lipinski definition) is 0. The Bertz CT molecular complexity index is 1060. The molecule has 0 aliphatic heterocycles. The molecule has 0 fully saturated rings. The summed E-state index contributed by atoms with van der Waals surface area (Å²) in [5, 5.41) is 1.03. The molecule has 3 nitrogen and oxygen atoms in total. The Balaban J connectivity index is 2.10. The van der Waals surface area contributed by atoms with E-state index in [9.17, 15) is 4.79 Å². The van der Waals surface area contributed by atoms with Gasteiger partial charge in [-0.1, -0.05) is 52.7 Å². The molecule has 2 aromatic heterocycles. The zero-order chi connectivity index (χ0) is 15.3. The van der Waals surface area contributed by atoms with E-state index in [-0.39, 0.29) is 5.56 Å². The normalized spacial score (nSPS) is 11.4. The second kappa shape index (κ2) is 5.09. The molecule has 0 bridgehead atoms. The lowest BCUT2D eigenvalue weighted by atomic mass is 10.2. The summed E-state index contributed by atoms with van der Waals surface area (Å²) < 4.78 is 1.61. The monoisotopic (exact) mass is 346 g/mol. The van der Waals surface area contributed by atoms with Gasteiger partial charge in [-0.05, 0) is 24.3 Å². The van der Waals surface area contributed by atoms with E-state index in [4.69, 9.17) is 23.2 Å². The van der Waals surface area contributed by atoms with Crippen molar-refractivity contribution in [1.29, 1.82) is 0 Å². The number of aromatic nitrogens is 2. The van der Waals surface area contributed by atoms with Crippen molar-refractivity contribution in [2.45, 2.75) is 0 Å². The van der Waals surface area contributed by atoms with E-state index in [0.717, 1.165) is 11.0 Å². The Morgan fingerprint density at radius 2 is 1.73 bits per heavy atom. The number of halogens is 2. The number of imidazole rings is 1. The van der Waals surface area contributed by atoms with E-state index in [2.05, 4.69) is 4.98 Å². The molecule has 0 unspecified atom stereocenters. The molecule has 0 radical (unpaired) electrons. The van der Waals surface area contributed by atoms with Gasteiger partial charge in [0, 0.05) is 16.5 Å². The van der Waals surface area contributed by atoms with Crippen LogP contribution in [0.4, 0.5) is 0 Å². The minimum absolute atomic E-state index is 0.145. The predicted octanol–water partition coefficient (Wildman–Crippen LogP) is 4.88. The molecule has 0 aliphatic rings. The summed E-state index contributed by atoms with van der Waals surface area (Å²) in [6, 6.07) is 14.4. The van der Waals surface area contributed by atoms with Crippen LogP contribution in [0.15, 0.2) is 53.3 Å². The first-order chi connectivity index (χ1) is 10.6. The highest BCUT2D eigenvalue weighted by Gasteiger charge is 2.14. The molecule has 2 heterocycles. The highest BCUT2D eigenvalue weighted by Crippen LogP contribution is 2.37. The maximum atomic E-state index is 12.5. The largest absolute Gasteiger partial charge is 0.269 e. The van der Waals surface area contributed by atoms with Crippen LogP contribution < -0.4 is 5.56 Å². The molecule has 4 rings (SSSR count). The van der Waals surface area contributed by atoms with Crippen LogP contribution in [0.5, 0.6) is 0 Å². The highest BCUT2D eigenvalue weighted by molar-refractivity contribution is 7.20. The standard InChI is InChI=1S/C16H8Cl2N2OS/c17-9-4-3-5-10(18)15(9)13-8-14(21)20-12-7-2-1-6-11(12)19-16(20)22-13/h1-8H. The Morgan fingerprint density at radius 3 is 2.50 bits per heavy atom. The van der Waals surface area contributed by atoms with Gasteiger partial charge in [0.2, 0.25) is 0 Å². The van der Waals surface area contributed by atoms with Crippen molar-refractivity contribution < 1.29 is 0 Å². The fourth-order valence-electron chi connectivity index (χ4n) is 2.45. The minimum Gasteiger partial charge on any atom is -0.269 e. The SMILES string of the molecule is O=c1cc(-c2c(Cl)cccc2Cl)sc2nc3ccccc3n12. The molecule has 0 atom stereocenters. The van der Waals surface area contributed by atoms with E-state index >= 15 is 0 Å². The van der Waals surface area contributed by atoms with Crippen LogP contribution in [0, 0.1) is 0 Å². The smallest absolute Gasteiger partial charge is 0.258 e. The van der Waals surface area contributed by atoms with E-state index in [1.165, 1.54) is 11.3 Å². The average Bonchev–Trinajstić information content (AvgIpc) is 2.85. The Labute approximate surface area is 139 Å². The second-order valence-electron chi connectivity index (χ2n) is 4.76. The number of rotatable bonds is 1. The Hall–Kier alpha value is -1.88. The summed E-state index contributed by atoms with van der Waals surface area (Å²) in [7, 11) is 0. The fourth-order valence-corrected chi connectivity index (χ4v) is 4.26. The van der Waals surface area contributed by atoms with Crippen molar-refractivity contribution in [3.8, 4) is 10.4 Å². The molecular formula is C16H8Cl2N2OS. The predicted molar refractivity (Wildman–Crippen MR) is 92.3 cm³/mol. The third-order valence-electron chi connectivity index (χ3n) is 3.42. The van der Waals surface area contributed by atoms with Crippen LogP contribution in [-0.4, -0.2) is 9.38 Å². The van der Waals surface area contributed by atoms with Crippen LogP contribution in [0.1, 0.15) is 0 Å². The molecule has 0 aliphatic carbocycles. The molecule has 6 heteroatoms. The van der Waals surface area contributed by atoms with E-state index in [1.54, 1.807) is 28.7 Å². The number of benzene rings is 2. The highest BCUT2D eigenvalue weighted by atomic mass is 35.5. The average molecular weight is 347 g/mol. The lowest BCUT2D eigenvalue weighted by Gasteiger charge is -2.06. The minimum atomic E-state index is -0.145. The van der Waals surface area contributed by atoms with Crippen LogP contribution in [0.2, 0.25) is 10.0 Å². The summed E-state index contributed by atoms with van der Waals surface area (Å²) in [4.78, 5) is 18.4. The summed E-state index contributed by atoms with van der Waals surface area (Å²) >= 11 is 13.9. The van der Waals surface area contributed by atoms with Gasteiger partial charge in [0.25, 0.3) is 5.56 Å². The first-order valence-electron chi connectivity index (χ1n) is 6.51. The van der Waals surface area contributed by atoms with Crippen LogP contribution in [-0.2, 0) is 0 Å². The van der Waals surface area contributed by atoms with Gasteiger partial charge in [0.05, 0.1) is 21.1 Å². The van der Waals surface area contributed by atoms with Crippen molar-refractivity contribution >= 4 is 50.5 Å². The van der Waals surface area contributed by atoms with Gasteiger partial charge < -0.3 is 0 Å². The lowest BCUT2D eigenvalue weighted by molar-refractivity contribution is 1.18. The van der Waals surface area contributed by atoms with E-state index in [1.807, 2.05) is 24.3 Å². The second-order valence-corrected chi connectivity index (χ2v) is 6.59. The van der Waals surface area contributed by atoms with Crippen molar-refractivity contribution in [3.63, 3.8) is 0 Å². The summed E-state index contributed by atoms with van der Waals surface area (Å²) in [6.07, 6.45) is 0. The molecule has 0 saturated carbocycles. The fraction of sp³-hybridized carbons (Fsp3) is 0. The third kappa shape index (κ3) is 2.03. The molecule has 0 N–H and O–H groups in total. The molecule has 22 heavy (non-hydrogen) atoms. The van der Waals surface area contributed by atoms with Gasteiger partial charge in [-0.15, -0.1) is 0 Å². The molecule has 2 aromatic carbocycles. The van der Waals surface area contributed by atoms with Crippen molar-refractivity contribution in [1.82, 2.24) is 9.38 Å². The maximum absolute atomic E-state index is 12.5. The van der Waals surface area contributed by atoms with Gasteiger partial charge in [-0.3, -0.25) is 9.20 Å². The van der Waals surface area contributed by atoms with Gasteiger partial charge in [0.1, 0.15) is 0 Å². The van der Waals surface area contributed by atoms with Crippen LogP contribution >= 0.6 is 34.5 Å². The molecule has 4 aromatic rings. The number of nitrogens with zero attached hydrogens (tertiary/aromatic N) is 2. The van der Waals surface area contributed by atoms with Gasteiger partial charge >= 0.3 is 0 Å². The zero-order valence-electron chi connectivity index (χ0n) is 11.1. The molecule has 0 amide bonds. The third-order valence-corrected chi connectivity index (χ3v) is 5.04. The quantitative estimate of drug-likeness (QED) is 0.492. The Kier molecular flexibility index (Phi) is 3.18. The molecule has 0 saturated heterocycles. The van der Waals surface area contributed by atoms with Gasteiger partial charge in [-0.2, -0.15) is 0 Å². The maximum Gasteiger partial charge on any atom is 0.258 e. The van der Waals surface area contributed by atoms with Crippen LogP contribution in [0.25, 0.3) is 26.4 Å². The van der Waals surface area contributed by atoms with Crippen molar-refractivity contribution in [2.24, 2.45) is 0 Å². The summed E-state index contributed by atoms with van der Waals surface area (Å²) in [5.74, 6) is 0. The number of para-hydroxylation sites is 2. The molecule has 108 valence electrons. The Morgan fingerprint density at radius 1 is 1.00 bits per heavy atom. The molecule has 0 spiro atoms. The van der Waals surface area contributed by atoms with E-state index < -0.39 is 0 Å². The molecular weight excluding hydrogens is 339 g/mol. The topological polar surface area (TPSA) is 34.4 Å². The number of fused-ring (bicyclic) bond motifs is 3. The summed E-state index contributed by atoms with van der Waals surface area (Å²) in [5.41, 5.74) is 2.12.